The van der Waals surface area contributed by atoms with Gasteiger partial charge in [0.1, 0.15) is 12.5 Å². The Kier molecular flexibility index (Phi) is 15.6. The molecule has 0 bridgehead atoms. The number of carbonyl (C=O) groups excluding carboxylic acids is 2. The first-order valence-corrected chi connectivity index (χ1v) is 13.4. The zero-order chi connectivity index (χ0) is 25.5. The van der Waals surface area contributed by atoms with E-state index in [9.17, 15) is 24.9 Å². The fraction of sp³-hybridized carbons (Fsp3) is 0.923. The molecule has 8 nitrogen and oxygen atoms in total. The number of rotatable bonds is 17. The highest BCUT2D eigenvalue weighted by Gasteiger charge is 2.48. The Bertz CT molecular complexity index is 561. The second-order valence-electron chi connectivity index (χ2n) is 9.69. The van der Waals surface area contributed by atoms with Crippen LogP contribution in [0.25, 0.3) is 0 Å². The van der Waals surface area contributed by atoms with Crippen molar-refractivity contribution in [2.45, 2.75) is 129 Å². The van der Waals surface area contributed by atoms with E-state index < -0.39 is 48.4 Å². The Balaban J connectivity index is 2.82. The van der Waals surface area contributed by atoms with Crippen LogP contribution in [0, 0.1) is 11.8 Å². The smallest absolute Gasteiger partial charge is 0.309 e. The lowest BCUT2D eigenvalue weighted by Gasteiger charge is -2.44. The summed E-state index contributed by atoms with van der Waals surface area (Å²) in [6, 6.07) is -0.680. The Morgan fingerprint density at radius 1 is 0.765 bits per heavy atom. The van der Waals surface area contributed by atoms with E-state index in [0.717, 1.165) is 64.2 Å². The zero-order valence-corrected chi connectivity index (χ0v) is 21.8. The molecule has 1 saturated carbocycles. The van der Waals surface area contributed by atoms with Gasteiger partial charge in [-0.2, -0.15) is 0 Å². The number of hydrogen-bond acceptors (Lipinski definition) is 8. The number of nitrogens with zero attached hydrogens (tertiary/aromatic N) is 1. The lowest BCUT2D eigenvalue weighted by Crippen LogP contribution is -2.57. The number of aliphatic hydroxyl groups is 3. The molecular formula is C26H49NO7. The molecule has 200 valence electrons. The molecule has 0 aliphatic heterocycles. The second kappa shape index (κ2) is 17.2. The maximum absolute atomic E-state index is 13.0. The fourth-order valence-corrected chi connectivity index (χ4v) is 4.84. The molecular weight excluding hydrogens is 438 g/mol. The van der Waals surface area contributed by atoms with Crippen LogP contribution in [0.5, 0.6) is 0 Å². The summed E-state index contributed by atoms with van der Waals surface area (Å²) in [5.74, 6) is -2.57. The van der Waals surface area contributed by atoms with Gasteiger partial charge in [0.05, 0.1) is 31.2 Å². The molecule has 6 unspecified atom stereocenters. The van der Waals surface area contributed by atoms with Gasteiger partial charge in [0.15, 0.2) is 0 Å². The zero-order valence-electron chi connectivity index (χ0n) is 21.8. The topological polar surface area (TPSA) is 117 Å². The Morgan fingerprint density at radius 3 is 1.59 bits per heavy atom. The summed E-state index contributed by atoms with van der Waals surface area (Å²) in [6.07, 6.45) is 7.34. The van der Waals surface area contributed by atoms with Crippen molar-refractivity contribution in [1.82, 2.24) is 4.90 Å². The van der Waals surface area contributed by atoms with E-state index in [2.05, 4.69) is 13.8 Å². The van der Waals surface area contributed by atoms with Crippen molar-refractivity contribution in [2.24, 2.45) is 11.8 Å². The van der Waals surface area contributed by atoms with E-state index in [1.54, 1.807) is 0 Å². The molecule has 0 aromatic carbocycles. The van der Waals surface area contributed by atoms with E-state index >= 15 is 0 Å². The van der Waals surface area contributed by atoms with Crippen LogP contribution in [-0.4, -0.2) is 70.0 Å². The number of hydrogen-bond donors (Lipinski definition) is 3. The molecule has 1 rings (SSSR count). The highest BCUT2D eigenvalue weighted by molar-refractivity contribution is 5.82. The van der Waals surface area contributed by atoms with Crippen molar-refractivity contribution in [3.05, 3.63) is 0 Å². The predicted molar refractivity (Wildman–Crippen MR) is 131 cm³/mol. The monoisotopic (exact) mass is 487 g/mol. The van der Waals surface area contributed by atoms with Crippen LogP contribution in [0.3, 0.4) is 0 Å². The van der Waals surface area contributed by atoms with Crippen molar-refractivity contribution >= 4 is 11.9 Å². The summed E-state index contributed by atoms with van der Waals surface area (Å²) in [7, 11) is 0. The molecule has 0 spiro atoms. The molecule has 0 saturated heterocycles. The van der Waals surface area contributed by atoms with Gasteiger partial charge in [-0.3, -0.25) is 9.59 Å². The van der Waals surface area contributed by atoms with E-state index in [1.807, 2.05) is 0 Å². The molecule has 34 heavy (non-hydrogen) atoms. The van der Waals surface area contributed by atoms with Crippen LogP contribution in [0.15, 0.2) is 0 Å². The summed E-state index contributed by atoms with van der Waals surface area (Å²) >= 11 is 0. The molecule has 1 aliphatic rings. The van der Waals surface area contributed by atoms with Crippen molar-refractivity contribution < 1.29 is 34.4 Å². The van der Waals surface area contributed by atoms with Gasteiger partial charge in [-0.05, 0) is 39.5 Å². The van der Waals surface area contributed by atoms with Gasteiger partial charge >= 0.3 is 11.9 Å². The predicted octanol–water partition coefficient (Wildman–Crippen LogP) is 3.75. The Labute approximate surface area is 206 Å². The third-order valence-electron chi connectivity index (χ3n) is 6.76. The number of aliphatic hydroxyl groups excluding tert-OH is 3. The van der Waals surface area contributed by atoms with Crippen LogP contribution in [0.2, 0.25) is 0 Å². The number of carbonyl (C=O) groups is 2. The van der Waals surface area contributed by atoms with Gasteiger partial charge in [0.25, 0.3) is 0 Å². The van der Waals surface area contributed by atoms with Crippen molar-refractivity contribution in [3.8, 4) is 0 Å². The standard InChI is InChI=1S/C26H49NO7/c1-5-7-9-11-13-15-33-25(31)21-17-23(27(19(3)28)20(4)29)24(30)18-22(21)26(32)34-16-14-12-10-8-6-2/h19-24,28-30H,5-18H2,1-4H3. The quantitative estimate of drug-likeness (QED) is 0.161. The minimum atomic E-state index is -1.03. The van der Waals surface area contributed by atoms with Crippen LogP contribution in [0.4, 0.5) is 0 Å². The minimum Gasteiger partial charge on any atom is -0.465 e. The lowest BCUT2D eigenvalue weighted by molar-refractivity contribution is -0.179. The summed E-state index contributed by atoms with van der Waals surface area (Å²) in [5.41, 5.74) is 0. The SMILES string of the molecule is CCCCCCCOC(=O)C1CC(O)C(N(C(C)O)C(C)O)CC1C(=O)OCCCCCCC. The Morgan fingerprint density at radius 2 is 1.18 bits per heavy atom. The van der Waals surface area contributed by atoms with Gasteiger partial charge < -0.3 is 24.8 Å². The Hall–Kier alpha value is -1.22. The first-order chi connectivity index (χ1) is 16.2. The van der Waals surface area contributed by atoms with Crippen LogP contribution < -0.4 is 0 Å². The minimum absolute atomic E-state index is 0.0194. The largest absolute Gasteiger partial charge is 0.465 e. The molecule has 1 aliphatic carbocycles. The van der Waals surface area contributed by atoms with Crippen LogP contribution >= 0.6 is 0 Å². The molecule has 0 radical (unpaired) electrons. The first-order valence-electron chi connectivity index (χ1n) is 13.4. The van der Waals surface area contributed by atoms with Crippen molar-refractivity contribution in [1.29, 1.82) is 0 Å². The summed E-state index contributed by atoms with van der Waals surface area (Å²) in [6.45, 7) is 7.88. The van der Waals surface area contributed by atoms with Gasteiger partial charge in [-0.1, -0.05) is 65.2 Å². The molecule has 0 aromatic heterocycles. The molecule has 1 fully saturated rings. The summed E-state index contributed by atoms with van der Waals surface area (Å²) in [4.78, 5) is 27.3. The highest BCUT2D eigenvalue weighted by atomic mass is 16.5. The van der Waals surface area contributed by atoms with Gasteiger partial charge in [-0.15, -0.1) is 0 Å². The number of ether oxygens (including phenoxy) is 2. The van der Waals surface area contributed by atoms with Crippen molar-refractivity contribution in [2.75, 3.05) is 13.2 Å². The molecule has 0 amide bonds. The highest BCUT2D eigenvalue weighted by Crippen LogP contribution is 2.36. The molecule has 0 aromatic rings. The third-order valence-corrected chi connectivity index (χ3v) is 6.76. The molecule has 6 atom stereocenters. The van der Waals surface area contributed by atoms with Crippen LogP contribution in [-0.2, 0) is 19.1 Å². The molecule has 3 N–H and O–H groups in total. The first kappa shape index (κ1) is 30.8. The maximum atomic E-state index is 13.0. The van der Waals surface area contributed by atoms with E-state index in [0.29, 0.717) is 13.2 Å². The average molecular weight is 488 g/mol. The third kappa shape index (κ3) is 10.6. The second-order valence-corrected chi connectivity index (χ2v) is 9.69. The van der Waals surface area contributed by atoms with E-state index in [-0.39, 0.29) is 12.8 Å². The van der Waals surface area contributed by atoms with Crippen LogP contribution in [0.1, 0.15) is 105 Å². The number of unbranched alkanes of at least 4 members (excludes halogenated alkanes) is 8. The molecule has 8 heteroatoms. The summed E-state index contributed by atoms with van der Waals surface area (Å²) < 4.78 is 11.0. The lowest BCUT2D eigenvalue weighted by atomic mass is 9.74. The fourth-order valence-electron chi connectivity index (χ4n) is 4.84. The maximum Gasteiger partial charge on any atom is 0.309 e. The molecule has 0 heterocycles. The summed E-state index contributed by atoms with van der Waals surface area (Å²) in [5, 5.41) is 31.1. The van der Waals surface area contributed by atoms with Gasteiger partial charge in [-0.25, -0.2) is 4.90 Å². The average Bonchev–Trinajstić information content (AvgIpc) is 2.78. The number of esters is 2. The normalized spacial score (nSPS) is 24.6. The van der Waals surface area contributed by atoms with E-state index in [4.69, 9.17) is 9.47 Å². The van der Waals surface area contributed by atoms with Crippen molar-refractivity contribution in [3.63, 3.8) is 0 Å². The van der Waals surface area contributed by atoms with E-state index in [1.165, 1.54) is 18.7 Å². The van der Waals surface area contributed by atoms with Gasteiger partial charge in [0, 0.05) is 6.04 Å². The van der Waals surface area contributed by atoms with Gasteiger partial charge in [0.2, 0.25) is 0 Å².